The summed E-state index contributed by atoms with van der Waals surface area (Å²) in [5.41, 5.74) is 1.14. The number of benzene rings is 2. The zero-order valence-corrected chi connectivity index (χ0v) is 14.6. The number of halogens is 1. The van der Waals surface area contributed by atoms with E-state index in [-0.39, 0.29) is 5.82 Å². The van der Waals surface area contributed by atoms with Gasteiger partial charge in [-0.25, -0.2) is 4.39 Å². The Morgan fingerprint density at radius 2 is 1.77 bits per heavy atom. The van der Waals surface area contributed by atoms with Gasteiger partial charge in [-0.3, -0.25) is 0 Å². The van der Waals surface area contributed by atoms with Crippen LogP contribution in [0.4, 0.5) is 4.39 Å². The van der Waals surface area contributed by atoms with Crippen LogP contribution in [0.15, 0.2) is 64.9 Å². The molecule has 2 rings (SSSR count). The standard InChI is InChI=1S/C17H17FOS3/c1-19-16-7-9-17(10-8-16)20-11-2-12-21-22-13-14-3-5-15(18)6-4-14/h2-10,12H,11,13H2,1H3/b12-2-. The van der Waals surface area contributed by atoms with Crippen molar-refractivity contribution in [2.45, 2.75) is 10.6 Å². The van der Waals surface area contributed by atoms with E-state index in [1.807, 2.05) is 24.3 Å². The predicted octanol–water partition coefficient (Wildman–Crippen LogP) is 6.02. The van der Waals surface area contributed by atoms with Crippen molar-refractivity contribution in [3.63, 3.8) is 0 Å². The molecule has 5 heteroatoms. The first-order valence-electron chi connectivity index (χ1n) is 6.72. The summed E-state index contributed by atoms with van der Waals surface area (Å²) in [4.78, 5) is 1.23. The minimum atomic E-state index is -0.183. The molecule has 22 heavy (non-hydrogen) atoms. The lowest BCUT2D eigenvalue weighted by atomic mass is 10.2. The number of methoxy groups -OCH3 is 1. The van der Waals surface area contributed by atoms with Gasteiger partial charge in [-0.05, 0) is 47.4 Å². The lowest BCUT2D eigenvalue weighted by molar-refractivity contribution is 0.414. The van der Waals surface area contributed by atoms with E-state index in [4.69, 9.17) is 4.74 Å². The number of ether oxygens (including phenoxy) is 1. The van der Waals surface area contributed by atoms with Gasteiger partial charge in [0, 0.05) is 16.4 Å². The highest BCUT2D eigenvalue weighted by molar-refractivity contribution is 8.77. The molecule has 0 aliphatic carbocycles. The summed E-state index contributed by atoms with van der Waals surface area (Å²) in [7, 11) is 5.12. The first kappa shape index (κ1) is 17.3. The Bertz CT molecular complexity index is 582. The predicted molar refractivity (Wildman–Crippen MR) is 98.1 cm³/mol. The van der Waals surface area contributed by atoms with Gasteiger partial charge in [-0.1, -0.05) is 39.8 Å². The quantitative estimate of drug-likeness (QED) is 0.326. The number of hydrogen-bond donors (Lipinski definition) is 0. The molecular formula is C17H17FOS3. The maximum Gasteiger partial charge on any atom is 0.123 e. The molecule has 0 radical (unpaired) electrons. The van der Waals surface area contributed by atoms with Crippen LogP contribution in [-0.2, 0) is 5.75 Å². The molecule has 1 nitrogen and oxygen atoms in total. The van der Waals surface area contributed by atoms with Crippen LogP contribution in [0.1, 0.15) is 5.56 Å². The van der Waals surface area contributed by atoms with Crippen LogP contribution in [0.3, 0.4) is 0 Å². The average Bonchev–Trinajstić information content (AvgIpc) is 2.56. The monoisotopic (exact) mass is 352 g/mol. The molecule has 116 valence electrons. The average molecular weight is 353 g/mol. The van der Waals surface area contributed by atoms with Gasteiger partial charge in [0.15, 0.2) is 0 Å². The second kappa shape index (κ2) is 9.87. The minimum Gasteiger partial charge on any atom is -0.497 e. The Morgan fingerprint density at radius 3 is 2.45 bits per heavy atom. The minimum absolute atomic E-state index is 0.183. The van der Waals surface area contributed by atoms with E-state index in [2.05, 4.69) is 23.6 Å². The van der Waals surface area contributed by atoms with E-state index in [9.17, 15) is 4.39 Å². The molecule has 0 aliphatic heterocycles. The highest BCUT2D eigenvalue weighted by Crippen LogP contribution is 2.28. The third-order valence-electron chi connectivity index (χ3n) is 2.76. The van der Waals surface area contributed by atoms with Crippen LogP contribution in [0.25, 0.3) is 0 Å². The summed E-state index contributed by atoms with van der Waals surface area (Å²) in [5, 5.41) is 2.10. The van der Waals surface area contributed by atoms with E-state index in [0.717, 1.165) is 22.8 Å². The lowest BCUT2D eigenvalue weighted by Gasteiger charge is -2.01. The highest BCUT2D eigenvalue weighted by Gasteiger charge is 1.95. The Labute approximate surface area is 143 Å². The van der Waals surface area contributed by atoms with Crippen LogP contribution < -0.4 is 4.74 Å². The molecule has 0 aliphatic rings. The molecule has 0 unspecified atom stereocenters. The van der Waals surface area contributed by atoms with E-state index in [0.29, 0.717) is 0 Å². The Morgan fingerprint density at radius 1 is 1.05 bits per heavy atom. The van der Waals surface area contributed by atoms with E-state index >= 15 is 0 Å². The first-order chi connectivity index (χ1) is 10.8. The largest absolute Gasteiger partial charge is 0.497 e. The number of rotatable bonds is 8. The summed E-state index contributed by atoms with van der Waals surface area (Å²) in [6.07, 6.45) is 2.15. The normalized spacial score (nSPS) is 11.0. The number of hydrogen-bond acceptors (Lipinski definition) is 4. The molecule has 0 amide bonds. The molecule has 2 aromatic rings. The van der Waals surface area contributed by atoms with Crippen molar-refractivity contribution in [3.8, 4) is 5.75 Å². The molecule has 0 spiro atoms. The van der Waals surface area contributed by atoms with Gasteiger partial charge < -0.3 is 4.74 Å². The molecule has 0 heterocycles. The van der Waals surface area contributed by atoms with Crippen molar-refractivity contribution in [3.05, 3.63) is 71.4 Å². The fraction of sp³-hybridized carbons (Fsp3) is 0.176. The Hall–Kier alpha value is -1.04. The third kappa shape index (κ3) is 6.38. The second-order valence-electron chi connectivity index (χ2n) is 4.34. The van der Waals surface area contributed by atoms with Crippen molar-refractivity contribution in [1.82, 2.24) is 0 Å². The highest BCUT2D eigenvalue weighted by atomic mass is 33.1. The van der Waals surface area contributed by atoms with Gasteiger partial charge >= 0.3 is 0 Å². The van der Waals surface area contributed by atoms with Gasteiger partial charge in [0.1, 0.15) is 11.6 Å². The van der Waals surface area contributed by atoms with Crippen molar-refractivity contribution in [2.75, 3.05) is 12.9 Å². The maximum atomic E-state index is 12.8. The Balaban J connectivity index is 1.60. The SMILES string of the molecule is COc1ccc(SC/C=C\SSCc2ccc(F)cc2)cc1. The molecule has 0 saturated heterocycles. The molecule has 0 N–H and O–H groups in total. The third-order valence-corrected chi connectivity index (χ3v) is 5.71. The van der Waals surface area contributed by atoms with Crippen LogP contribution in [0, 0.1) is 5.82 Å². The fourth-order valence-corrected chi connectivity index (χ4v) is 4.19. The van der Waals surface area contributed by atoms with Crippen molar-refractivity contribution < 1.29 is 9.13 Å². The zero-order valence-electron chi connectivity index (χ0n) is 12.2. The fourth-order valence-electron chi connectivity index (χ4n) is 1.62. The molecule has 0 saturated carbocycles. The van der Waals surface area contributed by atoms with E-state index in [1.165, 1.54) is 17.0 Å². The van der Waals surface area contributed by atoms with Gasteiger partial charge in [-0.2, -0.15) is 0 Å². The summed E-state index contributed by atoms with van der Waals surface area (Å²) in [6.45, 7) is 0. The molecule has 0 bridgehead atoms. The van der Waals surface area contributed by atoms with Gasteiger partial charge in [0.05, 0.1) is 7.11 Å². The summed E-state index contributed by atoms with van der Waals surface area (Å²) in [5.74, 6) is 2.52. The summed E-state index contributed by atoms with van der Waals surface area (Å²) in [6, 6.07) is 14.7. The Kier molecular flexibility index (Phi) is 7.77. The van der Waals surface area contributed by atoms with Gasteiger partial charge in [0.25, 0.3) is 0 Å². The summed E-state index contributed by atoms with van der Waals surface area (Å²) < 4.78 is 17.9. The van der Waals surface area contributed by atoms with Gasteiger partial charge in [0.2, 0.25) is 0 Å². The molecule has 0 fully saturated rings. The molecule has 0 aromatic heterocycles. The van der Waals surface area contributed by atoms with Gasteiger partial charge in [-0.15, -0.1) is 11.8 Å². The van der Waals surface area contributed by atoms with Crippen molar-refractivity contribution in [1.29, 1.82) is 0 Å². The van der Waals surface area contributed by atoms with Crippen molar-refractivity contribution in [2.24, 2.45) is 0 Å². The maximum absolute atomic E-state index is 12.8. The second-order valence-corrected chi connectivity index (χ2v) is 7.71. The molecule has 0 atom stereocenters. The lowest BCUT2D eigenvalue weighted by Crippen LogP contribution is -1.81. The first-order valence-corrected chi connectivity index (χ1v) is 10.1. The smallest absolute Gasteiger partial charge is 0.123 e. The topological polar surface area (TPSA) is 9.23 Å². The number of thioether (sulfide) groups is 1. The van der Waals surface area contributed by atoms with Crippen LogP contribution >= 0.6 is 33.3 Å². The van der Waals surface area contributed by atoms with E-state index < -0.39 is 0 Å². The van der Waals surface area contributed by atoms with Crippen LogP contribution in [-0.4, -0.2) is 12.9 Å². The van der Waals surface area contributed by atoms with Crippen LogP contribution in [0.2, 0.25) is 0 Å². The van der Waals surface area contributed by atoms with Crippen LogP contribution in [0.5, 0.6) is 5.75 Å². The molecular weight excluding hydrogens is 335 g/mol. The summed E-state index contributed by atoms with van der Waals surface area (Å²) >= 11 is 1.79. The molecule has 2 aromatic carbocycles. The zero-order chi connectivity index (χ0) is 15.6. The van der Waals surface area contributed by atoms with E-state index in [1.54, 1.807) is 40.5 Å². The van der Waals surface area contributed by atoms with Crippen molar-refractivity contribution >= 4 is 33.3 Å².